The molecule has 2 heterocycles. The second-order valence-corrected chi connectivity index (χ2v) is 7.33. The van der Waals surface area contributed by atoms with Gasteiger partial charge < -0.3 is 9.80 Å². The Morgan fingerprint density at radius 1 is 0.929 bits per heavy atom. The molecule has 2 aromatic rings. The van der Waals surface area contributed by atoms with Gasteiger partial charge in [-0.1, -0.05) is 19.1 Å². The summed E-state index contributed by atoms with van der Waals surface area (Å²) < 4.78 is 0. The summed E-state index contributed by atoms with van der Waals surface area (Å²) in [4.78, 5) is 42.6. The quantitative estimate of drug-likeness (QED) is 0.815. The van der Waals surface area contributed by atoms with Gasteiger partial charge in [-0.25, -0.2) is 4.90 Å². The number of benzene rings is 2. The van der Waals surface area contributed by atoms with Crippen molar-refractivity contribution >= 4 is 23.4 Å². The largest absolute Gasteiger partial charge is 0.332 e. The lowest BCUT2D eigenvalue weighted by Gasteiger charge is -2.32. The number of rotatable bonds is 4. The first-order valence-electron chi connectivity index (χ1n) is 9.81. The molecule has 0 saturated carbocycles. The van der Waals surface area contributed by atoms with Crippen LogP contribution in [-0.2, 0) is 0 Å². The van der Waals surface area contributed by atoms with E-state index in [4.69, 9.17) is 0 Å². The lowest BCUT2D eigenvalue weighted by Crippen LogP contribution is -3.14. The molecule has 0 unspecified atom stereocenters. The van der Waals surface area contributed by atoms with Crippen LogP contribution in [0.25, 0.3) is 0 Å². The second-order valence-electron chi connectivity index (χ2n) is 7.33. The maximum Gasteiger partial charge on any atom is 0.266 e. The van der Waals surface area contributed by atoms with E-state index in [1.54, 1.807) is 53.4 Å². The smallest absolute Gasteiger partial charge is 0.266 e. The Kier molecular flexibility index (Phi) is 4.96. The minimum absolute atomic E-state index is 0.00413. The number of hydrogen-bond donors (Lipinski definition) is 1. The number of hydrogen-bond acceptors (Lipinski definition) is 3. The molecule has 28 heavy (non-hydrogen) atoms. The monoisotopic (exact) mass is 378 g/mol. The number of nitrogens with zero attached hydrogens (tertiary/aromatic N) is 2. The van der Waals surface area contributed by atoms with Crippen molar-refractivity contribution in [1.82, 2.24) is 4.90 Å². The molecule has 3 amide bonds. The van der Waals surface area contributed by atoms with Crippen molar-refractivity contribution in [2.75, 3.05) is 37.6 Å². The van der Waals surface area contributed by atoms with Gasteiger partial charge in [0.15, 0.2) is 0 Å². The Balaban J connectivity index is 1.47. The fourth-order valence-electron chi connectivity index (χ4n) is 3.99. The summed E-state index contributed by atoms with van der Waals surface area (Å²) in [5, 5.41) is 0. The number of fused-ring (bicyclic) bond motifs is 1. The molecule has 0 atom stereocenters. The molecule has 0 aliphatic carbocycles. The molecule has 2 aromatic carbocycles. The molecule has 0 radical (unpaired) electrons. The normalized spacial score (nSPS) is 17.2. The van der Waals surface area contributed by atoms with Crippen LogP contribution in [0.3, 0.4) is 0 Å². The highest BCUT2D eigenvalue weighted by Crippen LogP contribution is 2.28. The number of imide groups is 1. The first kappa shape index (κ1) is 18.4. The SMILES string of the molecule is CCC[NH+]1CCN(C(=O)c2ccc(N3C(=O)c4ccccc4C3=O)cc2)CC1. The highest BCUT2D eigenvalue weighted by Gasteiger charge is 2.36. The van der Waals surface area contributed by atoms with Crippen LogP contribution < -0.4 is 9.80 Å². The van der Waals surface area contributed by atoms with Crippen LogP contribution in [0.15, 0.2) is 48.5 Å². The molecule has 1 N–H and O–H groups in total. The summed E-state index contributed by atoms with van der Waals surface area (Å²) >= 11 is 0. The van der Waals surface area contributed by atoms with Crippen molar-refractivity contribution in [3.05, 3.63) is 65.2 Å². The molecular weight excluding hydrogens is 354 g/mol. The summed E-state index contributed by atoms with van der Waals surface area (Å²) in [6.45, 7) is 6.81. The number of carbonyl (C=O) groups excluding carboxylic acids is 3. The predicted molar refractivity (Wildman–Crippen MR) is 106 cm³/mol. The van der Waals surface area contributed by atoms with E-state index in [0.717, 1.165) is 39.1 Å². The van der Waals surface area contributed by atoms with Gasteiger partial charge in [0.2, 0.25) is 0 Å². The number of amides is 3. The average Bonchev–Trinajstić information content (AvgIpc) is 2.99. The van der Waals surface area contributed by atoms with Crippen LogP contribution >= 0.6 is 0 Å². The highest BCUT2D eigenvalue weighted by atomic mass is 16.2. The average molecular weight is 378 g/mol. The number of carbonyl (C=O) groups is 3. The number of nitrogens with one attached hydrogen (secondary N) is 1. The first-order chi connectivity index (χ1) is 13.6. The van der Waals surface area contributed by atoms with Crippen LogP contribution in [0.5, 0.6) is 0 Å². The van der Waals surface area contributed by atoms with Crippen molar-refractivity contribution < 1.29 is 19.3 Å². The van der Waals surface area contributed by atoms with Crippen LogP contribution in [0.1, 0.15) is 44.4 Å². The maximum atomic E-state index is 12.8. The van der Waals surface area contributed by atoms with Crippen molar-refractivity contribution in [2.45, 2.75) is 13.3 Å². The summed E-state index contributed by atoms with van der Waals surface area (Å²) in [6, 6.07) is 13.6. The van der Waals surface area contributed by atoms with Gasteiger partial charge in [0.1, 0.15) is 0 Å². The number of piperazine rings is 1. The third kappa shape index (κ3) is 3.20. The molecule has 6 heteroatoms. The van der Waals surface area contributed by atoms with E-state index >= 15 is 0 Å². The summed E-state index contributed by atoms with van der Waals surface area (Å²) in [6.07, 6.45) is 1.16. The van der Waals surface area contributed by atoms with Crippen molar-refractivity contribution in [1.29, 1.82) is 0 Å². The van der Waals surface area contributed by atoms with Gasteiger partial charge in [-0.2, -0.15) is 0 Å². The Bertz CT molecular complexity index is 880. The minimum atomic E-state index is -0.324. The molecule has 0 bridgehead atoms. The Morgan fingerprint density at radius 3 is 2.04 bits per heavy atom. The predicted octanol–water partition coefficient (Wildman–Crippen LogP) is 1.24. The van der Waals surface area contributed by atoms with Crippen molar-refractivity contribution in [3.8, 4) is 0 Å². The van der Waals surface area contributed by atoms with Crippen molar-refractivity contribution in [3.63, 3.8) is 0 Å². The number of anilines is 1. The van der Waals surface area contributed by atoms with Gasteiger partial charge in [-0.3, -0.25) is 14.4 Å². The van der Waals surface area contributed by atoms with Gasteiger partial charge in [0.05, 0.1) is 49.5 Å². The standard InChI is InChI=1S/C22H23N3O3/c1-2-11-23-12-14-24(15-13-23)20(26)16-7-9-17(10-8-16)25-21(27)18-5-3-4-6-19(18)22(25)28/h3-10H,2,11-15H2,1H3/p+1. The Morgan fingerprint density at radius 2 is 1.50 bits per heavy atom. The fraction of sp³-hybridized carbons (Fsp3) is 0.318. The molecule has 144 valence electrons. The highest BCUT2D eigenvalue weighted by molar-refractivity contribution is 6.34. The number of quaternary nitrogens is 1. The van der Waals surface area contributed by atoms with Gasteiger partial charge >= 0.3 is 0 Å². The first-order valence-corrected chi connectivity index (χ1v) is 9.81. The second kappa shape index (κ2) is 7.56. The molecule has 6 nitrogen and oxygen atoms in total. The topological polar surface area (TPSA) is 62.1 Å². The van der Waals surface area contributed by atoms with Gasteiger partial charge in [0.25, 0.3) is 17.7 Å². The molecular formula is C22H24N3O3+. The lowest BCUT2D eigenvalue weighted by molar-refractivity contribution is -0.904. The van der Waals surface area contributed by atoms with Crippen LogP contribution in [0.2, 0.25) is 0 Å². The zero-order chi connectivity index (χ0) is 19.7. The lowest BCUT2D eigenvalue weighted by atomic mass is 10.1. The van der Waals surface area contributed by atoms with E-state index in [1.807, 2.05) is 4.90 Å². The molecule has 1 saturated heterocycles. The van der Waals surface area contributed by atoms with E-state index in [9.17, 15) is 14.4 Å². The van der Waals surface area contributed by atoms with Gasteiger partial charge in [-0.05, 0) is 42.8 Å². The molecule has 4 rings (SSSR count). The van der Waals surface area contributed by atoms with Crippen LogP contribution in [-0.4, -0.2) is 55.3 Å². The van der Waals surface area contributed by atoms with Crippen molar-refractivity contribution in [2.24, 2.45) is 0 Å². The molecule has 0 spiro atoms. The molecule has 2 aliphatic rings. The minimum Gasteiger partial charge on any atom is -0.332 e. The van der Waals surface area contributed by atoms with E-state index in [0.29, 0.717) is 22.4 Å². The van der Waals surface area contributed by atoms with E-state index in [2.05, 4.69) is 6.92 Å². The van der Waals surface area contributed by atoms with Crippen LogP contribution in [0, 0.1) is 0 Å². The van der Waals surface area contributed by atoms with Gasteiger partial charge in [-0.15, -0.1) is 0 Å². The third-order valence-electron chi connectivity index (χ3n) is 5.53. The Labute approximate surface area is 164 Å². The molecule has 2 aliphatic heterocycles. The summed E-state index contributed by atoms with van der Waals surface area (Å²) in [7, 11) is 0. The summed E-state index contributed by atoms with van der Waals surface area (Å²) in [5.41, 5.74) is 1.90. The summed E-state index contributed by atoms with van der Waals surface area (Å²) in [5.74, 6) is -0.645. The van der Waals surface area contributed by atoms with E-state index in [-0.39, 0.29) is 17.7 Å². The maximum absolute atomic E-state index is 12.8. The molecule has 1 fully saturated rings. The van der Waals surface area contributed by atoms with Crippen LogP contribution in [0.4, 0.5) is 5.69 Å². The van der Waals surface area contributed by atoms with E-state index < -0.39 is 0 Å². The van der Waals surface area contributed by atoms with E-state index in [1.165, 1.54) is 4.90 Å². The fourth-order valence-corrected chi connectivity index (χ4v) is 3.99. The van der Waals surface area contributed by atoms with Gasteiger partial charge in [0, 0.05) is 5.56 Å². The third-order valence-corrected chi connectivity index (χ3v) is 5.53. The zero-order valence-electron chi connectivity index (χ0n) is 16.0. The Hall–Kier alpha value is -2.99. The molecule has 0 aromatic heterocycles. The zero-order valence-corrected chi connectivity index (χ0v) is 16.0.